The number of hydrogen-bond donors (Lipinski definition) is 3. The van der Waals surface area contributed by atoms with Crippen LogP contribution in [0.5, 0.6) is 23.0 Å². The highest BCUT2D eigenvalue weighted by Gasteiger charge is 2.17. The van der Waals surface area contributed by atoms with Crippen LogP contribution in [-0.4, -0.2) is 34.4 Å². The molecule has 1 aromatic heterocycles. The van der Waals surface area contributed by atoms with Gasteiger partial charge in [-0.2, -0.15) is 0 Å². The van der Waals surface area contributed by atoms with Crippen LogP contribution in [0.25, 0.3) is 28.2 Å². The number of aromatic hydroxyl groups is 2. The van der Waals surface area contributed by atoms with Crippen molar-refractivity contribution < 1.29 is 19.7 Å². The smallest absolute Gasteiger partial charge is 0.161 e. The minimum Gasteiger partial charge on any atom is -0.504 e. The molecule has 0 aliphatic carbocycles. The van der Waals surface area contributed by atoms with Gasteiger partial charge < -0.3 is 24.7 Å². The molecule has 0 spiro atoms. The summed E-state index contributed by atoms with van der Waals surface area (Å²) in [5.74, 6) is 1.41. The summed E-state index contributed by atoms with van der Waals surface area (Å²) in [4.78, 5) is 8.02. The number of ether oxygens (including phenoxy) is 2. The van der Waals surface area contributed by atoms with Crippen LogP contribution in [0, 0.1) is 0 Å². The molecule has 0 saturated heterocycles. The summed E-state index contributed by atoms with van der Waals surface area (Å²) in [5.41, 5.74) is 3.97. The molecule has 3 N–H and O–H groups in total. The summed E-state index contributed by atoms with van der Waals surface area (Å²) < 4.78 is 10.7. The molecule has 0 unspecified atom stereocenters. The molecule has 0 amide bonds. The Labute approximate surface area is 163 Å². The van der Waals surface area contributed by atoms with Crippen molar-refractivity contribution in [1.29, 1.82) is 0 Å². The van der Waals surface area contributed by atoms with Crippen LogP contribution in [-0.2, 0) is 0 Å². The van der Waals surface area contributed by atoms with Crippen molar-refractivity contribution in [2.75, 3.05) is 14.2 Å². The van der Waals surface area contributed by atoms with Gasteiger partial charge in [-0.25, -0.2) is 4.98 Å². The summed E-state index contributed by atoms with van der Waals surface area (Å²) in [6.07, 6.45) is 3.58. The van der Waals surface area contributed by atoms with Crippen molar-refractivity contribution in [2.24, 2.45) is 0 Å². The van der Waals surface area contributed by atoms with Crippen LogP contribution < -0.4 is 9.47 Å². The highest BCUT2D eigenvalue weighted by Crippen LogP contribution is 2.37. The van der Waals surface area contributed by atoms with Crippen LogP contribution in [0.1, 0.15) is 12.6 Å². The predicted octanol–water partition coefficient (Wildman–Crippen LogP) is 4.76. The third kappa shape index (κ3) is 3.57. The number of methoxy groups -OCH3 is 2. The lowest BCUT2D eigenvalue weighted by Gasteiger charge is -2.10. The first-order valence-corrected chi connectivity index (χ1v) is 8.63. The van der Waals surface area contributed by atoms with E-state index in [9.17, 15) is 10.2 Å². The second-order valence-electron chi connectivity index (χ2n) is 6.17. The number of rotatable bonds is 6. The Bertz CT molecular complexity index is 1050. The monoisotopic (exact) mass is 378 g/mol. The predicted molar refractivity (Wildman–Crippen MR) is 110 cm³/mol. The number of nitrogens with zero attached hydrogens (tertiary/aromatic N) is 1. The fourth-order valence-corrected chi connectivity index (χ4v) is 2.92. The summed E-state index contributed by atoms with van der Waals surface area (Å²) in [6.45, 7) is 5.70. The van der Waals surface area contributed by atoms with E-state index in [1.807, 2.05) is 31.2 Å². The Balaban J connectivity index is 2.19. The molecule has 0 radical (unpaired) electrons. The normalized spacial score (nSPS) is 11.3. The van der Waals surface area contributed by atoms with Gasteiger partial charge in [0.2, 0.25) is 0 Å². The molecule has 0 aliphatic rings. The summed E-state index contributed by atoms with van der Waals surface area (Å²) in [6, 6.07) is 10.2. The molecule has 1 heterocycles. The Hall–Kier alpha value is -3.67. The lowest BCUT2D eigenvalue weighted by Crippen LogP contribution is -1.92. The number of aromatic amines is 1. The molecule has 144 valence electrons. The average molecular weight is 378 g/mol. The maximum atomic E-state index is 9.83. The van der Waals surface area contributed by atoms with Gasteiger partial charge in [0.25, 0.3) is 0 Å². The Morgan fingerprint density at radius 2 is 1.71 bits per heavy atom. The van der Waals surface area contributed by atoms with E-state index in [4.69, 9.17) is 14.5 Å². The second kappa shape index (κ2) is 7.92. The quantitative estimate of drug-likeness (QED) is 0.425. The molecule has 0 aliphatic heterocycles. The van der Waals surface area contributed by atoms with E-state index >= 15 is 0 Å². The van der Waals surface area contributed by atoms with Crippen molar-refractivity contribution in [3.8, 4) is 45.6 Å². The molecule has 2 aromatic carbocycles. The topological polar surface area (TPSA) is 87.6 Å². The number of allylic oxidation sites excluding steroid dienone is 3. The van der Waals surface area contributed by atoms with E-state index in [0.29, 0.717) is 22.9 Å². The molecule has 28 heavy (non-hydrogen) atoms. The highest BCUT2D eigenvalue weighted by molar-refractivity contribution is 5.80. The van der Waals surface area contributed by atoms with Gasteiger partial charge in [-0.3, -0.25) is 0 Å². The molecular formula is C22H22N2O4. The largest absolute Gasteiger partial charge is 0.504 e. The van der Waals surface area contributed by atoms with E-state index in [2.05, 4.69) is 11.6 Å². The van der Waals surface area contributed by atoms with E-state index in [-0.39, 0.29) is 11.5 Å². The average Bonchev–Trinajstić information content (AvgIpc) is 3.15. The zero-order chi connectivity index (χ0) is 20.3. The maximum Gasteiger partial charge on any atom is 0.161 e. The zero-order valence-electron chi connectivity index (χ0n) is 16.0. The van der Waals surface area contributed by atoms with Crippen molar-refractivity contribution >= 4 is 5.57 Å². The first-order chi connectivity index (χ1) is 13.5. The number of phenols is 2. The molecule has 6 nitrogen and oxygen atoms in total. The number of hydrogen-bond acceptors (Lipinski definition) is 5. The van der Waals surface area contributed by atoms with E-state index < -0.39 is 0 Å². The Morgan fingerprint density at radius 1 is 1.00 bits per heavy atom. The van der Waals surface area contributed by atoms with Crippen LogP contribution in [0.3, 0.4) is 0 Å². The molecule has 0 saturated carbocycles. The van der Waals surface area contributed by atoms with Gasteiger partial charge in [-0.1, -0.05) is 18.7 Å². The third-order valence-corrected chi connectivity index (χ3v) is 4.37. The minimum atomic E-state index is -0.207. The fraction of sp³-hybridized carbons (Fsp3) is 0.136. The SMILES string of the molecule is C=C/C=C(\C)c1nc(-c2ccc(O)c(O)c2)[nH]c1-c1ccc(OC)c(OC)c1. The molecule has 3 rings (SSSR count). The molecular weight excluding hydrogens is 356 g/mol. The highest BCUT2D eigenvalue weighted by atomic mass is 16.5. The van der Waals surface area contributed by atoms with E-state index in [0.717, 1.165) is 22.5 Å². The maximum absolute atomic E-state index is 9.83. The fourth-order valence-electron chi connectivity index (χ4n) is 2.92. The molecule has 0 bridgehead atoms. The van der Waals surface area contributed by atoms with Gasteiger partial charge in [0.05, 0.1) is 25.6 Å². The van der Waals surface area contributed by atoms with Gasteiger partial charge in [0.1, 0.15) is 5.82 Å². The first kappa shape index (κ1) is 19.1. The molecule has 6 heteroatoms. The number of imidazole rings is 1. The van der Waals surface area contributed by atoms with Gasteiger partial charge in [0.15, 0.2) is 23.0 Å². The third-order valence-electron chi connectivity index (χ3n) is 4.37. The van der Waals surface area contributed by atoms with E-state index in [1.54, 1.807) is 26.4 Å². The first-order valence-electron chi connectivity index (χ1n) is 8.63. The van der Waals surface area contributed by atoms with Gasteiger partial charge >= 0.3 is 0 Å². The number of phenolic OH excluding ortho intramolecular Hbond substituents is 2. The number of benzene rings is 2. The Morgan fingerprint density at radius 3 is 2.36 bits per heavy atom. The van der Waals surface area contributed by atoms with Crippen molar-refractivity contribution in [3.05, 3.63) is 60.8 Å². The summed E-state index contributed by atoms with van der Waals surface area (Å²) >= 11 is 0. The molecule has 0 atom stereocenters. The second-order valence-corrected chi connectivity index (χ2v) is 6.17. The van der Waals surface area contributed by atoms with Gasteiger partial charge in [-0.15, -0.1) is 0 Å². The van der Waals surface area contributed by atoms with Gasteiger partial charge in [0, 0.05) is 11.1 Å². The number of nitrogens with one attached hydrogen (secondary N) is 1. The van der Waals surface area contributed by atoms with Crippen molar-refractivity contribution in [1.82, 2.24) is 9.97 Å². The standard InChI is InChI=1S/C22H22N2O4/c1-5-6-13(2)20-21(14-8-10-18(27-3)19(12-14)28-4)24-22(23-20)15-7-9-16(25)17(26)11-15/h5-12,25-26H,1H2,2-4H3,(H,23,24)/b13-6+. The van der Waals surface area contributed by atoms with Crippen LogP contribution in [0.4, 0.5) is 0 Å². The van der Waals surface area contributed by atoms with Gasteiger partial charge in [-0.05, 0) is 48.9 Å². The van der Waals surface area contributed by atoms with Crippen molar-refractivity contribution in [2.45, 2.75) is 6.92 Å². The minimum absolute atomic E-state index is 0.182. The number of H-pyrrole nitrogens is 1. The Kier molecular flexibility index (Phi) is 5.40. The lowest BCUT2D eigenvalue weighted by molar-refractivity contribution is 0.355. The molecule has 3 aromatic rings. The number of aromatic nitrogens is 2. The summed E-state index contributed by atoms with van der Waals surface area (Å²) in [5, 5.41) is 19.4. The van der Waals surface area contributed by atoms with Crippen LogP contribution in [0.2, 0.25) is 0 Å². The van der Waals surface area contributed by atoms with E-state index in [1.165, 1.54) is 12.1 Å². The zero-order valence-corrected chi connectivity index (χ0v) is 16.0. The lowest BCUT2D eigenvalue weighted by atomic mass is 10.1. The van der Waals surface area contributed by atoms with Crippen molar-refractivity contribution in [3.63, 3.8) is 0 Å². The molecule has 0 fully saturated rings. The van der Waals surface area contributed by atoms with Crippen LogP contribution >= 0.6 is 0 Å². The summed E-state index contributed by atoms with van der Waals surface area (Å²) in [7, 11) is 3.18. The van der Waals surface area contributed by atoms with Crippen LogP contribution in [0.15, 0.2) is 55.1 Å².